The zero-order chi connectivity index (χ0) is 12.8. The molecule has 0 aliphatic heterocycles. The average molecular weight is 241 g/mol. The van der Waals surface area contributed by atoms with Crippen LogP contribution in [0, 0.1) is 0 Å². The van der Waals surface area contributed by atoms with Gasteiger partial charge in [-0.05, 0) is 16.8 Å². The molecule has 8 nitrogen and oxygen atoms in total. The van der Waals surface area contributed by atoms with Crippen molar-refractivity contribution in [1.82, 2.24) is 25.5 Å². The molecule has 17 heavy (non-hydrogen) atoms. The summed E-state index contributed by atoms with van der Waals surface area (Å²) >= 11 is 0. The second kappa shape index (κ2) is 5.92. The number of carbonyl (C=O) groups is 2. The van der Waals surface area contributed by atoms with E-state index in [4.69, 9.17) is 5.11 Å². The second-order valence-electron chi connectivity index (χ2n) is 3.64. The molecule has 1 atom stereocenters. The minimum Gasteiger partial charge on any atom is -0.480 e. The molecule has 1 aromatic heterocycles. The lowest BCUT2D eigenvalue weighted by atomic mass is 10.1. The van der Waals surface area contributed by atoms with Crippen molar-refractivity contribution in [3.63, 3.8) is 0 Å². The van der Waals surface area contributed by atoms with E-state index in [0.29, 0.717) is 18.7 Å². The normalized spacial score (nSPS) is 12.1. The molecule has 1 heterocycles. The van der Waals surface area contributed by atoms with Crippen LogP contribution in [0.25, 0.3) is 0 Å². The Balaban J connectivity index is 2.53. The largest absolute Gasteiger partial charge is 0.480 e. The highest BCUT2D eigenvalue weighted by Gasteiger charge is 2.19. The second-order valence-corrected chi connectivity index (χ2v) is 3.64. The van der Waals surface area contributed by atoms with Gasteiger partial charge in [-0.25, -0.2) is 9.48 Å². The number of carboxylic acids is 1. The maximum absolute atomic E-state index is 11.6. The van der Waals surface area contributed by atoms with E-state index in [1.54, 1.807) is 7.05 Å². The first-order valence-corrected chi connectivity index (χ1v) is 5.28. The number of aromatic nitrogens is 4. The summed E-state index contributed by atoms with van der Waals surface area (Å²) in [4.78, 5) is 22.4. The van der Waals surface area contributed by atoms with E-state index in [-0.39, 0.29) is 6.42 Å². The number of nitrogens with one attached hydrogen (secondary N) is 1. The van der Waals surface area contributed by atoms with Gasteiger partial charge in [0.05, 0.1) is 6.42 Å². The number of rotatable bonds is 6. The molecule has 0 saturated heterocycles. The van der Waals surface area contributed by atoms with Gasteiger partial charge in [-0.3, -0.25) is 4.79 Å². The molecule has 0 spiro atoms. The number of aliphatic carboxylic acids is 1. The molecular formula is C9H15N5O3. The van der Waals surface area contributed by atoms with E-state index >= 15 is 0 Å². The van der Waals surface area contributed by atoms with Crippen molar-refractivity contribution in [3.8, 4) is 0 Å². The number of tetrazole rings is 1. The molecular weight excluding hydrogens is 226 g/mol. The molecule has 0 saturated carbocycles. The van der Waals surface area contributed by atoms with Gasteiger partial charge in [0.15, 0.2) is 5.82 Å². The summed E-state index contributed by atoms with van der Waals surface area (Å²) in [5, 5.41) is 21.9. The third-order valence-corrected chi connectivity index (χ3v) is 2.24. The van der Waals surface area contributed by atoms with Crippen LogP contribution in [-0.4, -0.2) is 43.2 Å². The molecule has 1 rings (SSSR count). The molecule has 0 aromatic carbocycles. The van der Waals surface area contributed by atoms with E-state index in [1.165, 1.54) is 4.68 Å². The van der Waals surface area contributed by atoms with Crippen LogP contribution in [-0.2, 0) is 23.1 Å². The number of hydrogen-bond donors (Lipinski definition) is 2. The van der Waals surface area contributed by atoms with Gasteiger partial charge in [-0.1, -0.05) is 13.3 Å². The number of hydrogen-bond acceptors (Lipinski definition) is 5. The topological polar surface area (TPSA) is 110 Å². The highest BCUT2D eigenvalue weighted by atomic mass is 16.4. The fraction of sp³-hybridized carbons (Fsp3) is 0.667. The van der Waals surface area contributed by atoms with Gasteiger partial charge in [0.2, 0.25) is 5.91 Å². The summed E-state index contributed by atoms with van der Waals surface area (Å²) in [6.07, 6.45) is 1.05. The summed E-state index contributed by atoms with van der Waals surface area (Å²) < 4.78 is 1.37. The van der Waals surface area contributed by atoms with Gasteiger partial charge >= 0.3 is 5.97 Å². The lowest BCUT2D eigenvalue weighted by molar-refractivity contribution is -0.141. The van der Waals surface area contributed by atoms with Crippen LogP contribution in [0.4, 0.5) is 0 Å². The molecule has 0 aliphatic carbocycles. The zero-order valence-electron chi connectivity index (χ0n) is 9.75. The van der Waals surface area contributed by atoms with Crippen LogP contribution < -0.4 is 5.32 Å². The zero-order valence-corrected chi connectivity index (χ0v) is 9.75. The van der Waals surface area contributed by atoms with Gasteiger partial charge in [0, 0.05) is 7.05 Å². The van der Waals surface area contributed by atoms with Crippen molar-refractivity contribution in [2.75, 3.05) is 0 Å². The van der Waals surface area contributed by atoms with Crippen molar-refractivity contribution in [3.05, 3.63) is 5.82 Å². The van der Waals surface area contributed by atoms with E-state index in [1.807, 2.05) is 6.92 Å². The Kier molecular flexibility index (Phi) is 4.56. The fourth-order valence-electron chi connectivity index (χ4n) is 1.33. The minimum absolute atomic E-state index is 0.0308. The predicted octanol–water partition coefficient (Wildman–Crippen LogP) is -0.878. The Labute approximate surface area is 98.0 Å². The standard InChI is InChI=1S/C9H15N5O3/c1-3-4-6(9(16)17)10-8(15)5-7-11-12-13-14(7)2/h6H,3-5H2,1-2H3,(H,10,15)(H,16,17). The third kappa shape index (κ3) is 3.82. The quantitative estimate of drug-likeness (QED) is 0.669. The Hall–Kier alpha value is -1.99. The maximum atomic E-state index is 11.6. The third-order valence-electron chi connectivity index (χ3n) is 2.24. The lowest BCUT2D eigenvalue weighted by Crippen LogP contribution is -2.41. The molecule has 0 fully saturated rings. The van der Waals surface area contributed by atoms with E-state index in [9.17, 15) is 9.59 Å². The van der Waals surface area contributed by atoms with E-state index < -0.39 is 17.9 Å². The molecule has 0 bridgehead atoms. The van der Waals surface area contributed by atoms with Crippen molar-refractivity contribution < 1.29 is 14.7 Å². The molecule has 1 amide bonds. The molecule has 0 aliphatic rings. The molecule has 94 valence electrons. The van der Waals surface area contributed by atoms with Crippen LogP contribution in [0.1, 0.15) is 25.6 Å². The molecule has 2 N–H and O–H groups in total. The van der Waals surface area contributed by atoms with Gasteiger partial charge in [0.25, 0.3) is 0 Å². The van der Waals surface area contributed by atoms with Crippen molar-refractivity contribution >= 4 is 11.9 Å². The van der Waals surface area contributed by atoms with Crippen molar-refractivity contribution in [1.29, 1.82) is 0 Å². The summed E-state index contributed by atoms with van der Waals surface area (Å²) in [5.74, 6) is -1.04. The lowest BCUT2D eigenvalue weighted by Gasteiger charge is -2.12. The monoisotopic (exact) mass is 241 g/mol. The molecule has 1 unspecified atom stereocenters. The SMILES string of the molecule is CCCC(NC(=O)Cc1nnnn1C)C(=O)O. The van der Waals surface area contributed by atoms with Crippen LogP contribution in [0.15, 0.2) is 0 Å². The smallest absolute Gasteiger partial charge is 0.326 e. The first-order chi connectivity index (χ1) is 8.04. The average Bonchev–Trinajstić information content (AvgIpc) is 2.63. The predicted molar refractivity (Wildman–Crippen MR) is 57.0 cm³/mol. The number of aryl methyl sites for hydroxylation is 1. The Morgan fingerprint density at radius 3 is 2.71 bits per heavy atom. The van der Waals surface area contributed by atoms with Crippen LogP contribution in [0.3, 0.4) is 0 Å². The number of nitrogens with zero attached hydrogens (tertiary/aromatic N) is 4. The van der Waals surface area contributed by atoms with Crippen LogP contribution in [0.5, 0.6) is 0 Å². The van der Waals surface area contributed by atoms with Gasteiger partial charge in [-0.15, -0.1) is 5.10 Å². The Morgan fingerprint density at radius 2 is 2.24 bits per heavy atom. The highest BCUT2D eigenvalue weighted by molar-refractivity contribution is 5.84. The first kappa shape index (κ1) is 13.1. The van der Waals surface area contributed by atoms with Crippen molar-refractivity contribution in [2.24, 2.45) is 7.05 Å². The highest BCUT2D eigenvalue weighted by Crippen LogP contribution is 1.98. The summed E-state index contributed by atoms with van der Waals surface area (Å²) in [6, 6.07) is -0.853. The number of amides is 1. The fourth-order valence-corrected chi connectivity index (χ4v) is 1.33. The Morgan fingerprint density at radius 1 is 1.53 bits per heavy atom. The number of carboxylic acid groups (broad SMARTS) is 1. The summed E-state index contributed by atoms with van der Waals surface area (Å²) in [7, 11) is 1.61. The minimum atomic E-state index is -1.03. The molecule has 1 aromatic rings. The van der Waals surface area contributed by atoms with E-state index in [2.05, 4.69) is 20.8 Å². The first-order valence-electron chi connectivity index (χ1n) is 5.28. The van der Waals surface area contributed by atoms with Crippen molar-refractivity contribution in [2.45, 2.75) is 32.2 Å². The van der Waals surface area contributed by atoms with E-state index in [0.717, 1.165) is 0 Å². The van der Waals surface area contributed by atoms with Crippen LogP contribution >= 0.6 is 0 Å². The summed E-state index contributed by atoms with van der Waals surface area (Å²) in [5.41, 5.74) is 0. The van der Waals surface area contributed by atoms with Gasteiger partial charge < -0.3 is 10.4 Å². The van der Waals surface area contributed by atoms with Gasteiger partial charge in [-0.2, -0.15) is 0 Å². The molecule has 0 radical (unpaired) electrons. The molecule has 8 heteroatoms. The number of carbonyl (C=O) groups excluding carboxylic acids is 1. The summed E-state index contributed by atoms with van der Waals surface area (Å²) in [6.45, 7) is 1.86. The van der Waals surface area contributed by atoms with Crippen LogP contribution in [0.2, 0.25) is 0 Å². The van der Waals surface area contributed by atoms with Gasteiger partial charge in [0.1, 0.15) is 6.04 Å². The maximum Gasteiger partial charge on any atom is 0.326 e. The Bertz CT molecular complexity index is 403.